The summed E-state index contributed by atoms with van der Waals surface area (Å²) in [5.41, 5.74) is 8.68. The molecule has 178 valence electrons. The van der Waals surface area contributed by atoms with Crippen LogP contribution >= 0.6 is 0 Å². The fourth-order valence-electron chi connectivity index (χ4n) is 4.96. The first kappa shape index (κ1) is 22.7. The maximum absolute atomic E-state index is 14.6. The van der Waals surface area contributed by atoms with Gasteiger partial charge in [-0.2, -0.15) is 0 Å². The number of ether oxygens (including phenoxy) is 1. The van der Waals surface area contributed by atoms with Crippen LogP contribution in [0, 0.1) is 23.6 Å². The highest BCUT2D eigenvalue weighted by Gasteiger charge is 2.43. The normalized spacial score (nSPS) is 20.5. The topological polar surface area (TPSA) is 90.0 Å². The Hall–Kier alpha value is -3.13. The third kappa shape index (κ3) is 5.01. The van der Waals surface area contributed by atoms with Crippen LogP contribution in [-0.2, 0) is 17.8 Å². The number of benzene rings is 1. The molecule has 1 aliphatic carbocycles. The zero-order valence-electron chi connectivity index (χ0n) is 19.5. The first-order chi connectivity index (χ1) is 16.6. The number of hydrogen-bond acceptors (Lipinski definition) is 7. The summed E-state index contributed by atoms with van der Waals surface area (Å²) in [6.07, 6.45) is 11.4. The molecule has 2 aromatic heterocycles. The predicted molar refractivity (Wildman–Crippen MR) is 129 cm³/mol. The van der Waals surface area contributed by atoms with Crippen LogP contribution in [0.25, 0.3) is 11.3 Å². The van der Waals surface area contributed by atoms with Gasteiger partial charge < -0.3 is 15.4 Å². The average Bonchev–Trinajstić information content (AvgIpc) is 3.65. The molecule has 1 aromatic carbocycles. The van der Waals surface area contributed by atoms with Crippen molar-refractivity contribution in [1.82, 2.24) is 19.9 Å². The Morgan fingerprint density at radius 3 is 2.56 bits per heavy atom. The minimum atomic E-state index is -0.309. The van der Waals surface area contributed by atoms with E-state index >= 15 is 0 Å². The number of nitrogen functional groups attached to an aromatic ring is 1. The molecule has 0 radical (unpaired) electrons. The van der Waals surface area contributed by atoms with Crippen molar-refractivity contribution in [2.45, 2.75) is 39.2 Å². The number of nitrogens with two attached hydrogens (primary N) is 1. The van der Waals surface area contributed by atoms with Gasteiger partial charge in [-0.05, 0) is 55.1 Å². The Labute approximate surface area is 199 Å². The molecule has 2 aliphatic rings. The molecule has 0 unspecified atom stereocenters. The van der Waals surface area contributed by atoms with Crippen LogP contribution in [0.5, 0.6) is 0 Å². The van der Waals surface area contributed by atoms with Crippen LogP contribution < -0.4 is 10.6 Å². The van der Waals surface area contributed by atoms with Crippen molar-refractivity contribution in [2.75, 3.05) is 30.3 Å². The van der Waals surface area contributed by atoms with Crippen LogP contribution in [0.15, 0.2) is 43.0 Å². The number of aryl methyl sites for hydroxylation is 1. The summed E-state index contributed by atoms with van der Waals surface area (Å²) < 4.78 is 20.5. The number of anilines is 2. The van der Waals surface area contributed by atoms with Crippen LogP contribution in [0.4, 0.5) is 16.2 Å². The largest absolute Gasteiger partial charge is 0.382 e. The number of halogens is 1. The third-order valence-electron chi connectivity index (χ3n) is 7.15. The number of nitrogens with zero attached hydrogens (tertiary/aromatic N) is 5. The molecule has 0 bridgehead atoms. The second-order valence-corrected chi connectivity index (χ2v) is 9.34. The van der Waals surface area contributed by atoms with Crippen LogP contribution in [0.1, 0.15) is 37.3 Å². The Bertz CT molecular complexity index is 1120. The fourth-order valence-corrected chi connectivity index (χ4v) is 4.96. The number of rotatable bonds is 8. The zero-order valence-corrected chi connectivity index (χ0v) is 19.5. The van der Waals surface area contributed by atoms with Crippen molar-refractivity contribution in [1.29, 1.82) is 0 Å². The van der Waals surface area contributed by atoms with E-state index in [1.165, 1.54) is 37.1 Å². The lowest BCUT2D eigenvalue weighted by molar-refractivity contribution is 0.102. The summed E-state index contributed by atoms with van der Waals surface area (Å²) in [7, 11) is 0. The molecule has 5 rings (SSSR count). The number of hydrogen-bond donors (Lipinski definition) is 1. The molecule has 1 aliphatic heterocycles. The highest BCUT2D eigenvalue weighted by molar-refractivity contribution is 5.69. The van der Waals surface area contributed by atoms with E-state index in [0.29, 0.717) is 35.2 Å². The molecular formula is C26H31FN6O. The van der Waals surface area contributed by atoms with Crippen molar-refractivity contribution in [2.24, 2.45) is 17.8 Å². The monoisotopic (exact) mass is 462 g/mol. The predicted octanol–water partition coefficient (Wildman–Crippen LogP) is 4.29. The Morgan fingerprint density at radius 2 is 1.85 bits per heavy atom. The molecule has 3 aromatic rings. The van der Waals surface area contributed by atoms with Crippen LogP contribution in [0.2, 0.25) is 0 Å². The van der Waals surface area contributed by atoms with Crippen molar-refractivity contribution >= 4 is 11.8 Å². The summed E-state index contributed by atoms with van der Waals surface area (Å²) >= 11 is 0. The molecule has 2 N–H and O–H groups in total. The second-order valence-electron chi connectivity index (χ2n) is 9.34. The molecule has 1 saturated heterocycles. The van der Waals surface area contributed by atoms with Gasteiger partial charge in [-0.1, -0.05) is 19.1 Å². The highest BCUT2D eigenvalue weighted by atomic mass is 19.1. The zero-order chi connectivity index (χ0) is 23.5. The standard InChI is InChI=1S/C26H31FN6O/c1-2-17-13-31-26(32-14-17)33-9-5-18(6-10-33)22-11-21(22)16-34-15-20-4-3-19(12-23(20)27)24-25(28)30-8-7-29-24/h3-4,7-8,12-14,18,21-22H,2,5-6,9-11,15-16H2,1H3,(H2,28,30)/t21-,22+/m0/s1. The molecule has 1 saturated carbocycles. The molecular weight excluding hydrogens is 431 g/mol. The maximum atomic E-state index is 14.6. The fraction of sp³-hybridized carbons (Fsp3) is 0.462. The maximum Gasteiger partial charge on any atom is 0.225 e. The summed E-state index contributed by atoms with van der Waals surface area (Å²) in [5.74, 6) is 2.86. The lowest BCUT2D eigenvalue weighted by atomic mass is 9.91. The van der Waals surface area contributed by atoms with Gasteiger partial charge in [-0.15, -0.1) is 0 Å². The van der Waals surface area contributed by atoms with Crippen LogP contribution in [0.3, 0.4) is 0 Å². The highest BCUT2D eigenvalue weighted by Crippen LogP contribution is 2.48. The van der Waals surface area contributed by atoms with E-state index < -0.39 is 0 Å². The minimum Gasteiger partial charge on any atom is -0.382 e. The lowest BCUT2D eigenvalue weighted by Crippen LogP contribution is -2.35. The van der Waals surface area contributed by atoms with Crippen molar-refractivity contribution in [3.8, 4) is 11.3 Å². The lowest BCUT2D eigenvalue weighted by Gasteiger charge is -2.32. The van der Waals surface area contributed by atoms with E-state index in [2.05, 4.69) is 31.8 Å². The van der Waals surface area contributed by atoms with E-state index in [1.54, 1.807) is 12.3 Å². The second kappa shape index (κ2) is 10.0. The number of piperidine rings is 1. The summed E-state index contributed by atoms with van der Waals surface area (Å²) in [4.78, 5) is 19.6. The van der Waals surface area contributed by atoms with Crippen molar-refractivity contribution < 1.29 is 9.13 Å². The van der Waals surface area contributed by atoms with E-state index in [4.69, 9.17) is 10.5 Å². The number of aromatic nitrogens is 4. The molecule has 3 heterocycles. The van der Waals surface area contributed by atoms with E-state index in [0.717, 1.165) is 37.3 Å². The smallest absolute Gasteiger partial charge is 0.225 e. The first-order valence-corrected chi connectivity index (χ1v) is 12.1. The summed E-state index contributed by atoms with van der Waals surface area (Å²) in [6.45, 7) is 5.09. The van der Waals surface area contributed by atoms with Gasteiger partial charge in [0.05, 0.1) is 13.2 Å². The molecule has 8 heteroatoms. The van der Waals surface area contributed by atoms with Gasteiger partial charge in [0.25, 0.3) is 0 Å². The van der Waals surface area contributed by atoms with Gasteiger partial charge in [0.15, 0.2) is 0 Å². The molecule has 2 atom stereocenters. The quantitative estimate of drug-likeness (QED) is 0.534. The van der Waals surface area contributed by atoms with Gasteiger partial charge >= 0.3 is 0 Å². The van der Waals surface area contributed by atoms with E-state index in [-0.39, 0.29) is 12.4 Å². The van der Waals surface area contributed by atoms with Crippen molar-refractivity contribution in [3.05, 3.63) is 59.9 Å². The molecule has 2 fully saturated rings. The molecule has 7 nitrogen and oxygen atoms in total. The van der Waals surface area contributed by atoms with Gasteiger partial charge in [0, 0.05) is 49.0 Å². The molecule has 0 amide bonds. The third-order valence-corrected chi connectivity index (χ3v) is 7.15. The van der Waals surface area contributed by atoms with Gasteiger partial charge in [-0.3, -0.25) is 4.98 Å². The molecule has 34 heavy (non-hydrogen) atoms. The Kier molecular flexibility index (Phi) is 6.67. The SMILES string of the molecule is CCc1cnc(N2CCC([C@H]3C[C@H]3COCc3ccc(-c4nccnc4N)cc3F)CC2)nc1. The minimum absolute atomic E-state index is 0.273. The first-order valence-electron chi connectivity index (χ1n) is 12.1. The Balaban J connectivity index is 1.07. The van der Waals surface area contributed by atoms with Gasteiger partial charge in [0.1, 0.15) is 17.3 Å². The average molecular weight is 463 g/mol. The van der Waals surface area contributed by atoms with E-state index in [1.807, 2.05) is 18.5 Å². The molecule has 0 spiro atoms. The van der Waals surface area contributed by atoms with Crippen LogP contribution in [-0.4, -0.2) is 39.6 Å². The van der Waals surface area contributed by atoms with Gasteiger partial charge in [-0.25, -0.2) is 19.3 Å². The summed E-state index contributed by atoms with van der Waals surface area (Å²) in [6, 6.07) is 5.01. The Morgan fingerprint density at radius 1 is 1.09 bits per heavy atom. The van der Waals surface area contributed by atoms with Gasteiger partial charge in [0.2, 0.25) is 5.95 Å². The van der Waals surface area contributed by atoms with Crippen molar-refractivity contribution in [3.63, 3.8) is 0 Å². The van der Waals surface area contributed by atoms with E-state index in [9.17, 15) is 4.39 Å². The summed E-state index contributed by atoms with van der Waals surface area (Å²) in [5, 5.41) is 0.